The number of nitrogens with two attached hydrogens (primary N) is 4. The molecule has 0 aromatic carbocycles. The van der Waals surface area contributed by atoms with Crippen molar-refractivity contribution in [3.63, 3.8) is 0 Å². The third kappa shape index (κ3) is 9.47. The number of nitrogens with one attached hydrogen (secondary N) is 2. The van der Waals surface area contributed by atoms with Crippen LogP contribution < -0.4 is 33.6 Å². The molecule has 0 spiro atoms. The minimum atomic E-state index is -1.20. The lowest BCUT2D eigenvalue weighted by atomic mass is 10.1. The number of carbonyl (C=O) groups is 4. The zero-order valence-electron chi connectivity index (χ0n) is 18.3. The van der Waals surface area contributed by atoms with Crippen molar-refractivity contribution >= 4 is 29.7 Å². The lowest BCUT2D eigenvalue weighted by molar-refractivity contribution is -0.142. The predicted octanol–water partition coefficient (Wildman–Crippen LogP) is -2.83. The summed E-state index contributed by atoms with van der Waals surface area (Å²) in [5.41, 5.74) is 21.8. The number of likely N-dealkylation sites (tertiary alicyclic amines) is 1. The van der Waals surface area contributed by atoms with Crippen LogP contribution in [-0.2, 0) is 19.2 Å². The molecule has 3 atom stereocenters. The van der Waals surface area contributed by atoms with Gasteiger partial charge in [-0.1, -0.05) is 6.42 Å². The fourth-order valence-electron chi connectivity index (χ4n) is 3.44. The van der Waals surface area contributed by atoms with Gasteiger partial charge in [-0.05, 0) is 45.1 Å². The molecule has 11 N–H and O–H groups in total. The van der Waals surface area contributed by atoms with E-state index in [-0.39, 0.29) is 24.8 Å². The van der Waals surface area contributed by atoms with Gasteiger partial charge in [-0.3, -0.25) is 19.4 Å². The van der Waals surface area contributed by atoms with Crippen LogP contribution in [0.4, 0.5) is 0 Å². The summed E-state index contributed by atoms with van der Waals surface area (Å²) < 4.78 is 0. The topological polar surface area (TPSA) is 232 Å². The number of carbonyl (C=O) groups excluding carboxylic acids is 3. The number of carboxylic acid groups (broad SMARTS) is 1. The van der Waals surface area contributed by atoms with Gasteiger partial charge in [-0.15, -0.1) is 0 Å². The minimum Gasteiger partial charge on any atom is -0.480 e. The summed E-state index contributed by atoms with van der Waals surface area (Å²) in [5.74, 6) is -2.72. The molecule has 1 saturated heterocycles. The number of nitrogens with zero attached hydrogens (tertiary/aromatic N) is 2. The first kappa shape index (κ1) is 27.1. The standard InChI is InChI=1S/C19H36N8O5/c20-8-2-1-5-12(21)17(30)27-10-4-7-14(27)16(29)25-11-15(28)26-13(18(31)32)6-3-9-24-19(22)23/h12-14H,1-11,20-21H2,(H,25,29)(H,26,28)(H,31,32)(H4,22,23,24)/t12-,13-,14-/m0/s1. The molecule has 3 amide bonds. The molecule has 0 aromatic heterocycles. The first-order valence-corrected chi connectivity index (χ1v) is 10.8. The van der Waals surface area contributed by atoms with Gasteiger partial charge in [0.25, 0.3) is 0 Å². The number of guanidine groups is 1. The van der Waals surface area contributed by atoms with Crippen LogP contribution in [0, 0.1) is 0 Å². The highest BCUT2D eigenvalue weighted by Crippen LogP contribution is 2.19. The maximum atomic E-state index is 12.6. The van der Waals surface area contributed by atoms with Crippen molar-refractivity contribution in [2.45, 2.75) is 63.1 Å². The summed E-state index contributed by atoms with van der Waals surface area (Å²) in [6, 6.07) is -2.54. The molecule has 0 radical (unpaired) electrons. The van der Waals surface area contributed by atoms with Gasteiger partial charge in [0, 0.05) is 13.1 Å². The molecule has 1 aliphatic rings. The number of aliphatic carboxylic acids is 1. The van der Waals surface area contributed by atoms with E-state index in [9.17, 15) is 24.3 Å². The number of amides is 3. The van der Waals surface area contributed by atoms with E-state index >= 15 is 0 Å². The Hall–Kier alpha value is -2.93. The molecule has 32 heavy (non-hydrogen) atoms. The molecule has 1 fully saturated rings. The molecule has 1 heterocycles. The van der Waals surface area contributed by atoms with Crippen LogP contribution in [0.25, 0.3) is 0 Å². The molecule has 1 rings (SSSR count). The Morgan fingerprint density at radius 3 is 2.47 bits per heavy atom. The average molecular weight is 457 g/mol. The Kier molecular flexibility index (Phi) is 12.0. The maximum Gasteiger partial charge on any atom is 0.326 e. The van der Waals surface area contributed by atoms with Crippen LogP contribution in [-0.4, -0.2) is 84.0 Å². The Morgan fingerprint density at radius 2 is 1.84 bits per heavy atom. The summed E-state index contributed by atoms with van der Waals surface area (Å²) in [6.07, 6.45) is 3.59. The number of carboxylic acids is 1. The lowest BCUT2D eigenvalue weighted by Crippen LogP contribution is -2.53. The van der Waals surface area contributed by atoms with E-state index < -0.39 is 42.5 Å². The molecule has 0 saturated carbocycles. The molecule has 0 bridgehead atoms. The second-order valence-electron chi connectivity index (χ2n) is 7.71. The van der Waals surface area contributed by atoms with Gasteiger partial charge in [0.1, 0.15) is 12.1 Å². The molecule has 0 aromatic rings. The fourth-order valence-corrected chi connectivity index (χ4v) is 3.44. The fraction of sp³-hybridized carbons (Fsp3) is 0.737. The summed E-state index contributed by atoms with van der Waals surface area (Å²) in [6.45, 7) is 0.775. The van der Waals surface area contributed by atoms with Crippen molar-refractivity contribution in [2.24, 2.45) is 27.9 Å². The van der Waals surface area contributed by atoms with Gasteiger partial charge in [0.2, 0.25) is 17.7 Å². The minimum absolute atomic E-state index is 0.0976. The van der Waals surface area contributed by atoms with Crippen molar-refractivity contribution in [3.05, 3.63) is 0 Å². The van der Waals surface area contributed by atoms with Gasteiger partial charge in [-0.25, -0.2) is 4.79 Å². The van der Waals surface area contributed by atoms with Crippen molar-refractivity contribution in [1.82, 2.24) is 15.5 Å². The van der Waals surface area contributed by atoms with Crippen molar-refractivity contribution in [2.75, 3.05) is 26.2 Å². The smallest absolute Gasteiger partial charge is 0.326 e. The van der Waals surface area contributed by atoms with Gasteiger partial charge < -0.3 is 43.6 Å². The quantitative estimate of drug-likeness (QED) is 0.0809. The number of aliphatic imine (C=N–C) groups is 1. The van der Waals surface area contributed by atoms with Crippen LogP contribution in [0.5, 0.6) is 0 Å². The highest BCUT2D eigenvalue weighted by Gasteiger charge is 2.36. The highest BCUT2D eigenvalue weighted by atomic mass is 16.4. The van der Waals surface area contributed by atoms with Crippen LogP contribution in [0.3, 0.4) is 0 Å². The molecule has 13 heteroatoms. The number of unbranched alkanes of at least 4 members (excludes halogenated alkanes) is 1. The van der Waals surface area contributed by atoms with Crippen LogP contribution >= 0.6 is 0 Å². The van der Waals surface area contributed by atoms with Crippen molar-refractivity contribution in [3.8, 4) is 0 Å². The van der Waals surface area contributed by atoms with Gasteiger partial charge in [-0.2, -0.15) is 0 Å². The molecular formula is C19H36N8O5. The van der Waals surface area contributed by atoms with E-state index in [0.29, 0.717) is 38.8 Å². The number of hydrogen-bond donors (Lipinski definition) is 7. The third-order valence-corrected chi connectivity index (χ3v) is 5.13. The first-order chi connectivity index (χ1) is 15.2. The van der Waals surface area contributed by atoms with Crippen molar-refractivity contribution in [1.29, 1.82) is 0 Å². The van der Waals surface area contributed by atoms with Gasteiger partial charge >= 0.3 is 5.97 Å². The molecular weight excluding hydrogens is 420 g/mol. The summed E-state index contributed by atoms with van der Waals surface area (Å²) in [5, 5.41) is 14.1. The van der Waals surface area contributed by atoms with E-state index in [4.69, 9.17) is 22.9 Å². The molecule has 13 nitrogen and oxygen atoms in total. The number of rotatable bonds is 14. The average Bonchev–Trinajstić information content (AvgIpc) is 3.23. The Balaban J connectivity index is 2.51. The lowest BCUT2D eigenvalue weighted by Gasteiger charge is -2.26. The third-order valence-electron chi connectivity index (χ3n) is 5.13. The molecule has 0 unspecified atom stereocenters. The van der Waals surface area contributed by atoms with E-state index in [0.717, 1.165) is 12.8 Å². The van der Waals surface area contributed by atoms with Gasteiger partial charge in [0.15, 0.2) is 5.96 Å². The van der Waals surface area contributed by atoms with E-state index in [2.05, 4.69) is 15.6 Å². The van der Waals surface area contributed by atoms with Crippen LogP contribution in [0.2, 0.25) is 0 Å². The van der Waals surface area contributed by atoms with E-state index in [1.54, 1.807) is 0 Å². The summed E-state index contributed by atoms with van der Waals surface area (Å²) >= 11 is 0. The van der Waals surface area contributed by atoms with Crippen LogP contribution in [0.1, 0.15) is 44.9 Å². The Labute approximate surface area is 187 Å². The summed E-state index contributed by atoms with van der Waals surface area (Å²) in [7, 11) is 0. The largest absolute Gasteiger partial charge is 0.480 e. The summed E-state index contributed by atoms with van der Waals surface area (Å²) in [4.78, 5) is 53.8. The first-order valence-electron chi connectivity index (χ1n) is 10.8. The van der Waals surface area contributed by atoms with Crippen LogP contribution in [0.15, 0.2) is 4.99 Å². The zero-order chi connectivity index (χ0) is 24.1. The zero-order valence-corrected chi connectivity index (χ0v) is 18.3. The predicted molar refractivity (Wildman–Crippen MR) is 118 cm³/mol. The molecule has 0 aliphatic carbocycles. The SMILES string of the molecule is NCCCC[C@H](N)C(=O)N1CCC[C@H]1C(=O)NCC(=O)N[C@@H](CCCN=C(N)N)C(=O)O. The Bertz CT molecular complexity index is 683. The Morgan fingerprint density at radius 1 is 1.12 bits per heavy atom. The molecule has 182 valence electrons. The number of hydrogen-bond acceptors (Lipinski definition) is 7. The second kappa shape index (κ2) is 14.2. The van der Waals surface area contributed by atoms with E-state index in [1.807, 2.05) is 0 Å². The second-order valence-corrected chi connectivity index (χ2v) is 7.71. The molecule has 1 aliphatic heterocycles. The maximum absolute atomic E-state index is 12.6. The monoisotopic (exact) mass is 456 g/mol. The normalized spacial score (nSPS) is 17.3. The van der Waals surface area contributed by atoms with Crippen molar-refractivity contribution < 1.29 is 24.3 Å². The van der Waals surface area contributed by atoms with Gasteiger partial charge in [0.05, 0.1) is 12.6 Å². The highest BCUT2D eigenvalue weighted by molar-refractivity contribution is 5.93. The van der Waals surface area contributed by atoms with E-state index in [1.165, 1.54) is 4.90 Å².